The number of hydrogen-bond donors (Lipinski definition) is 0. The molecule has 3 aliphatic rings. The van der Waals surface area contributed by atoms with Gasteiger partial charge < -0.3 is 4.90 Å². The minimum atomic E-state index is -1.64. The van der Waals surface area contributed by atoms with E-state index < -0.39 is 29.2 Å². The summed E-state index contributed by atoms with van der Waals surface area (Å²) in [6.45, 7) is 0. The Bertz CT molecular complexity index is 1700. The van der Waals surface area contributed by atoms with Gasteiger partial charge in [-0.3, -0.25) is 19.4 Å². The molecule has 4 aromatic rings. The highest BCUT2D eigenvalue weighted by Crippen LogP contribution is 2.61. The molecule has 0 radical (unpaired) electrons. The molecule has 0 bridgehead atoms. The smallest absolute Gasteiger partial charge is 0.187 e. The Hall–Kier alpha value is -4.42. The van der Waals surface area contributed by atoms with E-state index in [-0.39, 0.29) is 27.9 Å². The van der Waals surface area contributed by atoms with Gasteiger partial charge in [-0.25, -0.2) is 4.39 Å². The van der Waals surface area contributed by atoms with Crippen LogP contribution in [-0.2, 0) is 0 Å². The van der Waals surface area contributed by atoms with Gasteiger partial charge in [0, 0.05) is 46.3 Å². The summed E-state index contributed by atoms with van der Waals surface area (Å²) in [4.78, 5) is 49.7. The molecule has 0 N–H and O–H groups in total. The van der Waals surface area contributed by atoms with Gasteiger partial charge in [-0.2, -0.15) is 0 Å². The van der Waals surface area contributed by atoms with E-state index >= 15 is 0 Å². The zero-order valence-electron chi connectivity index (χ0n) is 20.4. The zero-order valence-corrected chi connectivity index (χ0v) is 21.2. The molecule has 0 unspecified atom stereocenters. The van der Waals surface area contributed by atoms with Crippen molar-refractivity contribution in [1.82, 2.24) is 4.98 Å². The number of fused-ring (bicyclic) bond motifs is 5. The molecule has 2 aliphatic heterocycles. The first-order valence-corrected chi connectivity index (χ1v) is 13.0. The van der Waals surface area contributed by atoms with Crippen molar-refractivity contribution >= 4 is 40.7 Å². The third kappa shape index (κ3) is 3.12. The number of aromatic nitrogens is 1. The fourth-order valence-corrected chi connectivity index (χ4v) is 6.93. The van der Waals surface area contributed by atoms with Crippen LogP contribution in [-0.4, -0.2) is 34.4 Å². The molecule has 3 aromatic carbocycles. The number of ketones is 3. The van der Waals surface area contributed by atoms with Gasteiger partial charge in [0.05, 0.1) is 11.1 Å². The fraction of sp³-hybridized carbons (Fsp3) is 0.125. The van der Waals surface area contributed by atoms with E-state index in [1.165, 1.54) is 12.1 Å². The van der Waals surface area contributed by atoms with Crippen molar-refractivity contribution < 1.29 is 18.8 Å². The second-order valence-electron chi connectivity index (χ2n) is 10.0. The number of hydrogen-bond acceptors (Lipinski definition) is 5. The molecule has 190 valence electrons. The Morgan fingerprint density at radius 2 is 1.64 bits per heavy atom. The van der Waals surface area contributed by atoms with Crippen LogP contribution >= 0.6 is 11.6 Å². The Kier molecular flexibility index (Phi) is 5.19. The molecule has 0 saturated carbocycles. The molecule has 1 aliphatic carbocycles. The molecule has 1 spiro atoms. The summed E-state index contributed by atoms with van der Waals surface area (Å²) in [5.41, 5.74) is 1.02. The predicted molar refractivity (Wildman–Crippen MR) is 146 cm³/mol. The lowest BCUT2D eigenvalue weighted by atomic mass is 9.64. The van der Waals surface area contributed by atoms with Crippen molar-refractivity contribution in [2.75, 3.05) is 4.90 Å². The average molecular weight is 535 g/mol. The Balaban J connectivity index is 1.56. The lowest BCUT2D eigenvalue weighted by Crippen LogP contribution is -2.48. The fourth-order valence-electron chi connectivity index (χ4n) is 6.70. The van der Waals surface area contributed by atoms with E-state index in [1.54, 1.807) is 91.3 Å². The molecule has 7 rings (SSSR count). The lowest BCUT2D eigenvalue weighted by molar-refractivity contribution is 0.0666. The first-order chi connectivity index (χ1) is 18.9. The van der Waals surface area contributed by atoms with Crippen LogP contribution in [0, 0.1) is 11.2 Å². The summed E-state index contributed by atoms with van der Waals surface area (Å²) in [5.74, 6) is -2.33. The van der Waals surface area contributed by atoms with Crippen molar-refractivity contribution in [2.45, 2.75) is 18.0 Å². The van der Waals surface area contributed by atoms with Crippen molar-refractivity contribution in [3.05, 3.63) is 136 Å². The Labute approximate surface area is 228 Å². The van der Waals surface area contributed by atoms with Gasteiger partial charge in [-0.1, -0.05) is 66.2 Å². The summed E-state index contributed by atoms with van der Waals surface area (Å²) in [6, 6.07) is 19.6. The van der Waals surface area contributed by atoms with Crippen molar-refractivity contribution in [1.29, 1.82) is 0 Å². The molecule has 3 heterocycles. The normalized spacial score (nSPS) is 22.1. The van der Waals surface area contributed by atoms with E-state index in [1.807, 2.05) is 4.90 Å². The highest BCUT2D eigenvalue weighted by molar-refractivity contribution is 6.35. The lowest BCUT2D eigenvalue weighted by Gasteiger charge is -2.37. The van der Waals surface area contributed by atoms with Crippen LogP contribution in [0.15, 0.2) is 97.3 Å². The van der Waals surface area contributed by atoms with Crippen LogP contribution in [0.4, 0.5) is 10.1 Å². The summed E-state index contributed by atoms with van der Waals surface area (Å²) in [5, 5.41) is 0.268. The maximum absolute atomic E-state index is 14.5. The summed E-state index contributed by atoms with van der Waals surface area (Å²) in [7, 11) is 0. The number of halogens is 2. The average Bonchev–Trinajstić information content (AvgIpc) is 3.39. The minimum Gasteiger partial charge on any atom is -0.352 e. The molecule has 1 saturated heterocycles. The van der Waals surface area contributed by atoms with Gasteiger partial charge in [0.15, 0.2) is 17.3 Å². The third-order valence-corrected chi connectivity index (χ3v) is 8.55. The number of rotatable bonds is 3. The quantitative estimate of drug-likeness (QED) is 0.231. The van der Waals surface area contributed by atoms with Crippen LogP contribution in [0.25, 0.3) is 6.08 Å². The minimum absolute atomic E-state index is 0.268. The van der Waals surface area contributed by atoms with E-state index in [0.717, 1.165) is 0 Å². The van der Waals surface area contributed by atoms with Gasteiger partial charge in [0.25, 0.3) is 0 Å². The summed E-state index contributed by atoms with van der Waals surface area (Å²) in [6.07, 6.45) is 6.70. The number of carbonyl (C=O) groups is 3. The molecular weight excluding hydrogens is 515 g/mol. The van der Waals surface area contributed by atoms with Gasteiger partial charge in [0.1, 0.15) is 17.3 Å². The van der Waals surface area contributed by atoms with Crippen LogP contribution in [0.1, 0.15) is 48.1 Å². The molecule has 5 nitrogen and oxygen atoms in total. The summed E-state index contributed by atoms with van der Waals surface area (Å²) < 4.78 is 14.3. The van der Waals surface area contributed by atoms with E-state index in [2.05, 4.69) is 4.98 Å². The maximum atomic E-state index is 14.5. The zero-order chi connectivity index (χ0) is 26.9. The topological polar surface area (TPSA) is 67.3 Å². The standard InChI is InChI=1S/C32H20ClFN2O3/c33-24-10-4-3-9-23(24)29(37)28-27(19-6-5-15-35-17-19)32(30(38)21-7-1-2-8-22(21)31(32)39)26-14-11-18-16-20(34)12-13-25(18)36(26)28/h1-17,26-28H/t26-,27+,28+/m1/s1. The maximum Gasteiger partial charge on any atom is 0.187 e. The molecular formula is C32H20ClFN2O3. The number of benzene rings is 3. The Morgan fingerprint density at radius 3 is 2.33 bits per heavy atom. The number of anilines is 1. The first-order valence-electron chi connectivity index (χ1n) is 12.6. The monoisotopic (exact) mass is 534 g/mol. The van der Waals surface area contributed by atoms with Crippen molar-refractivity contribution in [3.63, 3.8) is 0 Å². The van der Waals surface area contributed by atoms with Gasteiger partial charge in [-0.15, -0.1) is 0 Å². The van der Waals surface area contributed by atoms with Gasteiger partial charge in [0.2, 0.25) is 0 Å². The third-order valence-electron chi connectivity index (χ3n) is 8.22. The van der Waals surface area contributed by atoms with Gasteiger partial charge in [-0.05, 0) is 42.0 Å². The van der Waals surface area contributed by atoms with Crippen molar-refractivity contribution in [2.24, 2.45) is 5.41 Å². The molecule has 1 fully saturated rings. The molecule has 3 atom stereocenters. The highest BCUT2D eigenvalue weighted by Gasteiger charge is 2.71. The largest absolute Gasteiger partial charge is 0.352 e. The predicted octanol–water partition coefficient (Wildman–Crippen LogP) is 6.19. The second kappa shape index (κ2) is 8.55. The van der Waals surface area contributed by atoms with E-state index in [4.69, 9.17) is 11.6 Å². The highest BCUT2D eigenvalue weighted by atomic mass is 35.5. The number of pyridine rings is 1. The van der Waals surface area contributed by atoms with Crippen LogP contribution in [0.5, 0.6) is 0 Å². The van der Waals surface area contributed by atoms with Crippen LogP contribution in [0.2, 0.25) is 5.02 Å². The number of carbonyl (C=O) groups excluding carboxylic acids is 3. The summed E-state index contributed by atoms with van der Waals surface area (Å²) >= 11 is 6.52. The van der Waals surface area contributed by atoms with Gasteiger partial charge >= 0.3 is 0 Å². The molecule has 0 amide bonds. The number of nitrogens with zero attached hydrogens (tertiary/aromatic N) is 2. The van der Waals surface area contributed by atoms with E-state index in [9.17, 15) is 18.8 Å². The first kappa shape index (κ1) is 23.7. The molecule has 7 heteroatoms. The molecule has 1 aromatic heterocycles. The van der Waals surface area contributed by atoms with E-state index in [0.29, 0.717) is 27.9 Å². The van der Waals surface area contributed by atoms with Crippen LogP contribution in [0.3, 0.4) is 0 Å². The second-order valence-corrected chi connectivity index (χ2v) is 10.4. The SMILES string of the molecule is O=C(c1ccccc1Cl)[C@@H]1[C@H](c2cccnc2)C2(C(=O)c3ccccc3C2=O)[C@H]2C=Cc3cc(F)ccc3N12. The van der Waals surface area contributed by atoms with Crippen molar-refractivity contribution in [3.8, 4) is 0 Å². The number of Topliss-reactive ketones (excluding diaryl/α,β-unsaturated/α-hetero) is 3. The Morgan fingerprint density at radius 1 is 0.923 bits per heavy atom. The van der Waals surface area contributed by atoms with Crippen LogP contribution < -0.4 is 4.90 Å². The molecule has 39 heavy (non-hydrogen) atoms.